The Labute approximate surface area is 89.9 Å². The van der Waals surface area contributed by atoms with Gasteiger partial charge in [-0.1, -0.05) is 18.2 Å². The van der Waals surface area contributed by atoms with Crippen molar-refractivity contribution in [1.82, 2.24) is 4.98 Å². The standard InChI is InChI=1S/C11H9F3N2/c12-11(13,14)9-3-1-2-7-4-5-8(6-15)16-10(7)9/h1-5H,6,15H2. The number of hydrogen-bond donors (Lipinski definition) is 1. The van der Waals surface area contributed by atoms with Crippen molar-refractivity contribution in [2.45, 2.75) is 12.7 Å². The van der Waals surface area contributed by atoms with Crippen LogP contribution in [-0.4, -0.2) is 4.98 Å². The van der Waals surface area contributed by atoms with Gasteiger partial charge in [0.1, 0.15) is 0 Å². The van der Waals surface area contributed by atoms with E-state index in [9.17, 15) is 13.2 Å². The minimum atomic E-state index is -4.39. The highest BCUT2D eigenvalue weighted by molar-refractivity contribution is 5.82. The van der Waals surface area contributed by atoms with E-state index in [-0.39, 0.29) is 12.1 Å². The topological polar surface area (TPSA) is 38.9 Å². The van der Waals surface area contributed by atoms with Crippen molar-refractivity contribution in [2.24, 2.45) is 5.73 Å². The zero-order valence-electron chi connectivity index (χ0n) is 8.25. The molecule has 0 amide bonds. The fourth-order valence-electron chi connectivity index (χ4n) is 1.53. The highest BCUT2D eigenvalue weighted by Crippen LogP contribution is 2.33. The minimum absolute atomic E-state index is 0.0436. The molecule has 2 rings (SSSR count). The summed E-state index contributed by atoms with van der Waals surface area (Å²) in [4.78, 5) is 3.92. The van der Waals surface area contributed by atoms with E-state index in [0.29, 0.717) is 11.1 Å². The van der Waals surface area contributed by atoms with Gasteiger partial charge in [-0.15, -0.1) is 0 Å². The molecule has 0 spiro atoms. The van der Waals surface area contributed by atoms with Crippen molar-refractivity contribution in [3.8, 4) is 0 Å². The molecule has 1 heterocycles. The zero-order valence-corrected chi connectivity index (χ0v) is 8.25. The van der Waals surface area contributed by atoms with Gasteiger partial charge in [-0.05, 0) is 12.1 Å². The number of rotatable bonds is 1. The van der Waals surface area contributed by atoms with Crippen LogP contribution >= 0.6 is 0 Å². The van der Waals surface area contributed by atoms with Crippen molar-refractivity contribution in [2.75, 3.05) is 0 Å². The summed E-state index contributed by atoms with van der Waals surface area (Å²) in [5.74, 6) is 0. The largest absolute Gasteiger partial charge is 0.418 e. The Kier molecular flexibility index (Phi) is 2.55. The third-order valence-electron chi connectivity index (χ3n) is 2.29. The van der Waals surface area contributed by atoms with Crippen LogP contribution in [0, 0.1) is 0 Å². The molecule has 0 saturated carbocycles. The predicted molar refractivity (Wildman–Crippen MR) is 54.6 cm³/mol. The third kappa shape index (κ3) is 1.86. The maximum atomic E-state index is 12.7. The number of nitrogens with zero attached hydrogens (tertiary/aromatic N) is 1. The minimum Gasteiger partial charge on any atom is -0.325 e. The van der Waals surface area contributed by atoms with Gasteiger partial charge >= 0.3 is 6.18 Å². The van der Waals surface area contributed by atoms with Crippen LogP contribution in [0.5, 0.6) is 0 Å². The summed E-state index contributed by atoms with van der Waals surface area (Å²) < 4.78 is 38.0. The van der Waals surface area contributed by atoms with Crippen LogP contribution in [0.2, 0.25) is 0 Å². The van der Waals surface area contributed by atoms with Gasteiger partial charge in [-0.25, -0.2) is 0 Å². The molecule has 2 nitrogen and oxygen atoms in total. The van der Waals surface area contributed by atoms with E-state index in [2.05, 4.69) is 4.98 Å². The molecule has 0 aliphatic heterocycles. The van der Waals surface area contributed by atoms with Crippen molar-refractivity contribution >= 4 is 10.9 Å². The fraction of sp³-hybridized carbons (Fsp3) is 0.182. The second kappa shape index (κ2) is 3.75. The quantitative estimate of drug-likeness (QED) is 0.811. The summed E-state index contributed by atoms with van der Waals surface area (Å²) in [5, 5.41) is 0.465. The zero-order chi connectivity index (χ0) is 11.8. The average Bonchev–Trinajstić information content (AvgIpc) is 2.26. The Morgan fingerprint density at radius 2 is 1.88 bits per heavy atom. The summed E-state index contributed by atoms with van der Waals surface area (Å²) >= 11 is 0. The molecule has 0 saturated heterocycles. The van der Waals surface area contributed by atoms with Crippen molar-refractivity contribution in [1.29, 1.82) is 0 Å². The van der Waals surface area contributed by atoms with Crippen molar-refractivity contribution in [3.05, 3.63) is 41.6 Å². The monoisotopic (exact) mass is 226 g/mol. The lowest BCUT2D eigenvalue weighted by molar-refractivity contribution is -0.136. The maximum Gasteiger partial charge on any atom is 0.418 e. The van der Waals surface area contributed by atoms with E-state index in [4.69, 9.17) is 5.73 Å². The van der Waals surface area contributed by atoms with E-state index in [0.717, 1.165) is 6.07 Å². The smallest absolute Gasteiger partial charge is 0.325 e. The number of hydrogen-bond acceptors (Lipinski definition) is 2. The van der Waals surface area contributed by atoms with Gasteiger partial charge in [0.25, 0.3) is 0 Å². The van der Waals surface area contributed by atoms with E-state index < -0.39 is 11.7 Å². The van der Waals surface area contributed by atoms with Crippen LogP contribution in [0.4, 0.5) is 13.2 Å². The molecular weight excluding hydrogens is 217 g/mol. The Balaban J connectivity index is 2.74. The Bertz CT molecular complexity index is 520. The molecule has 0 unspecified atom stereocenters. The Morgan fingerprint density at radius 3 is 2.50 bits per heavy atom. The van der Waals surface area contributed by atoms with Crippen LogP contribution < -0.4 is 5.73 Å². The second-order valence-electron chi connectivity index (χ2n) is 3.38. The van der Waals surface area contributed by atoms with Gasteiger partial charge < -0.3 is 5.73 Å². The number of pyridine rings is 1. The normalized spacial score (nSPS) is 12.0. The molecule has 2 N–H and O–H groups in total. The Morgan fingerprint density at radius 1 is 1.12 bits per heavy atom. The Hall–Kier alpha value is -1.62. The molecule has 0 radical (unpaired) electrons. The number of halogens is 3. The highest BCUT2D eigenvalue weighted by atomic mass is 19.4. The fourth-order valence-corrected chi connectivity index (χ4v) is 1.53. The van der Waals surface area contributed by atoms with Gasteiger partial charge in [-0.2, -0.15) is 13.2 Å². The molecule has 16 heavy (non-hydrogen) atoms. The van der Waals surface area contributed by atoms with Crippen molar-refractivity contribution in [3.63, 3.8) is 0 Å². The summed E-state index contributed by atoms with van der Waals surface area (Å²) in [6, 6.07) is 7.21. The number of alkyl halides is 3. The molecule has 0 aliphatic rings. The van der Waals surface area contributed by atoms with Crippen molar-refractivity contribution < 1.29 is 13.2 Å². The van der Waals surface area contributed by atoms with Crippen LogP contribution in [0.3, 0.4) is 0 Å². The van der Waals surface area contributed by atoms with Crippen LogP contribution in [0.25, 0.3) is 10.9 Å². The van der Waals surface area contributed by atoms with Crippen LogP contribution in [-0.2, 0) is 12.7 Å². The van der Waals surface area contributed by atoms with Gasteiger partial charge in [-0.3, -0.25) is 4.98 Å². The van der Waals surface area contributed by atoms with E-state index >= 15 is 0 Å². The SMILES string of the molecule is NCc1ccc2cccc(C(F)(F)F)c2n1. The molecule has 5 heteroatoms. The first-order chi connectivity index (χ1) is 7.52. The first kappa shape index (κ1) is 10.9. The van der Waals surface area contributed by atoms with E-state index in [1.165, 1.54) is 6.07 Å². The lowest BCUT2D eigenvalue weighted by Crippen LogP contribution is -2.08. The summed E-state index contributed by atoms with van der Waals surface area (Å²) in [6.07, 6.45) is -4.39. The van der Waals surface area contributed by atoms with E-state index in [1.807, 2.05) is 0 Å². The highest BCUT2D eigenvalue weighted by Gasteiger charge is 2.33. The number of para-hydroxylation sites is 1. The number of fused-ring (bicyclic) bond motifs is 1. The first-order valence-electron chi connectivity index (χ1n) is 4.68. The summed E-state index contributed by atoms with van der Waals surface area (Å²) in [7, 11) is 0. The molecule has 1 aromatic heterocycles. The van der Waals surface area contributed by atoms with Gasteiger partial charge in [0.2, 0.25) is 0 Å². The average molecular weight is 226 g/mol. The molecule has 84 valence electrons. The van der Waals surface area contributed by atoms with Gasteiger partial charge in [0.15, 0.2) is 0 Å². The predicted octanol–water partition coefficient (Wildman–Crippen LogP) is 2.71. The first-order valence-corrected chi connectivity index (χ1v) is 4.68. The van der Waals surface area contributed by atoms with Crippen LogP contribution in [0.15, 0.2) is 30.3 Å². The molecule has 0 aliphatic carbocycles. The summed E-state index contributed by atoms with van der Waals surface area (Å²) in [5.41, 5.74) is 5.04. The van der Waals surface area contributed by atoms with Gasteiger partial charge in [0, 0.05) is 11.9 Å². The second-order valence-corrected chi connectivity index (χ2v) is 3.38. The molecule has 1 aromatic carbocycles. The number of aromatic nitrogens is 1. The molecule has 0 atom stereocenters. The van der Waals surface area contributed by atoms with Gasteiger partial charge in [0.05, 0.1) is 16.8 Å². The maximum absolute atomic E-state index is 12.7. The molecular formula is C11H9F3N2. The van der Waals surface area contributed by atoms with E-state index in [1.54, 1.807) is 18.2 Å². The lowest BCUT2D eigenvalue weighted by Gasteiger charge is -2.10. The molecule has 0 bridgehead atoms. The molecule has 0 fully saturated rings. The lowest BCUT2D eigenvalue weighted by atomic mass is 10.1. The molecule has 2 aromatic rings. The number of nitrogens with two attached hydrogens (primary N) is 1. The third-order valence-corrected chi connectivity index (χ3v) is 2.29. The summed E-state index contributed by atoms with van der Waals surface area (Å²) in [6.45, 7) is 0.127. The van der Waals surface area contributed by atoms with Crippen LogP contribution in [0.1, 0.15) is 11.3 Å². The number of benzene rings is 1.